The maximum Gasteiger partial charge on any atom is 0.0119 e. The molecule has 0 atom stereocenters. The van der Waals surface area contributed by atoms with Crippen LogP contribution in [-0.2, 0) is 0 Å². The highest BCUT2D eigenvalue weighted by Crippen LogP contribution is 2.41. The van der Waals surface area contributed by atoms with E-state index in [4.69, 9.17) is 0 Å². The number of hydrogen-bond donors (Lipinski definition) is 0. The van der Waals surface area contributed by atoms with E-state index >= 15 is 0 Å². The molecule has 2 aromatic rings. The van der Waals surface area contributed by atoms with Gasteiger partial charge in [-0.05, 0) is 67.2 Å². The van der Waals surface area contributed by atoms with Gasteiger partial charge in [-0.25, -0.2) is 0 Å². The molecule has 2 heteroatoms. The van der Waals surface area contributed by atoms with Crippen molar-refractivity contribution in [3.8, 4) is 0 Å². The Kier molecular flexibility index (Phi) is 6.51. The van der Waals surface area contributed by atoms with E-state index in [2.05, 4.69) is 67.8 Å². The number of thioether (sulfide) groups is 2. The lowest BCUT2D eigenvalue weighted by Crippen LogP contribution is -2.07. The van der Waals surface area contributed by atoms with Gasteiger partial charge in [0.2, 0.25) is 0 Å². The molecule has 2 aromatic carbocycles. The van der Waals surface area contributed by atoms with Crippen molar-refractivity contribution in [2.45, 2.75) is 55.7 Å². The summed E-state index contributed by atoms with van der Waals surface area (Å²) >= 11 is 3.84. The minimum Gasteiger partial charge on any atom is -0.0972 e. The van der Waals surface area contributed by atoms with Gasteiger partial charge in [-0.2, -0.15) is 0 Å². The topological polar surface area (TPSA) is 0 Å². The molecule has 1 saturated carbocycles. The van der Waals surface area contributed by atoms with Gasteiger partial charge in [0.15, 0.2) is 0 Å². The molecule has 0 N–H and O–H groups in total. The molecule has 0 aromatic heterocycles. The third kappa shape index (κ3) is 5.19. The fourth-order valence-electron chi connectivity index (χ4n) is 3.08. The number of aryl methyl sites for hydroxylation is 2. The third-order valence-electron chi connectivity index (χ3n) is 4.60. The monoisotopic (exact) mass is 354 g/mol. The molecule has 24 heavy (non-hydrogen) atoms. The highest BCUT2D eigenvalue weighted by Gasteiger charge is 2.19. The Morgan fingerprint density at radius 1 is 0.792 bits per heavy atom. The highest BCUT2D eigenvalue weighted by atomic mass is 32.2. The second-order valence-corrected chi connectivity index (χ2v) is 8.79. The minimum absolute atomic E-state index is 0.739. The first kappa shape index (κ1) is 17.7. The Labute approximate surface area is 155 Å². The molecular weight excluding hydrogens is 328 g/mol. The van der Waals surface area contributed by atoms with E-state index in [1.807, 2.05) is 23.5 Å². The number of rotatable bonds is 5. The van der Waals surface area contributed by atoms with Crippen molar-refractivity contribution in [3.05, 3.63) is 70.0 Å². The van der Waals surface area contributed by atoms with E-state index in [1.165, 1.54) is 53.0 Å². The van der Waals surface area contributed by atoms with Crippen molar-refractivity contribution in [1.82, 2.24) is 0 Å². The van der Waals surface area contributed by atoms with E-state index < -0.39 is 0 Å². The van der Waals surface area contributed by atoms with Crippen molar-refractivity contribution < 1.29 is 0 Å². The number of hydrogen-bond acceptors (Lipinski definition) is 2. The van der Waals surface area contributed by atoms with Crippen LogP contribution in [0.25, 0.3) is 0 Å². The molecular formula is C22H26S2. The molecule has 0 unspecified atom stereocenters. The summed E-state index contributed by atoms with van der Waals surface area (Å²) in [6.45, 7) is 4.30. The van der Waals surface area contributed by atoms with Crippen LogP contribution in [0.1, 0.15) is 43.2 Å². The number of allylic oxidation sites excluding steroid dienone is 1. The van der Waals surface area contributed by atoms with Gasteiger partial charge in [-0.1, -0.05) is 78.2 Å². The average molecular weight is 355 g/mol. The van der Waals surface area contributed by atoms with Gasteiger partial charge in [0.1, 0.15) is 0 Å². The van der Waals surface area contributed by atoms with Crippen molar-refractivity contribution >= 4 is 23.5 Å². The quantitative estimate of drug-likeness (QED) is 0.507. The van der Waals surface area contributed by atoms with Crippen LogP contribution in [-0.4, -0.2) is 0 Å². The summed E-state index contributed by atoms with van der Waals surface area (Å²) < 4.78 is 0. The summed E-state index contributed by atoms with van der Waals surface area (Å²) in [5.74, 6) is 0.739. The lowest BCUT2D eigenvalue weighted by Gasteiger charge is -2.24. The fraction of sp³-hybridized carbons (Fsp3) is 0.364. The second-order valence-electron chi connectivity index (χ2n) is 6.70. The van der Waals surface area contributed by atoms with Crippen LogP contribution < -0.4 is 0 Å². The smallest absolute Gasteiger partial charge is 0.0119 e. The van der Waals surface area contributed by atoms with Gasteiger partial charge in [0.25, 0.3) is 0 Å². The maximum absolute atomic E-state index is 2.41. The Morgan fingerprint density at radius 2 is 1.33 bits per heavy atom. The zero-order chi connectivity index (χ0) is 16.8. The first-order valence-electron chi connectivity index (χ1n) is 8.88. The number of benzene rings is 2. The predicted molar refractivity (Wildman–Crippen MR) is 109 cm³/mol. The van der Waals surface area contributed by atoms with Crippen LogP contribution in [0.4, 0.5) is 0 Å². The zero-order valence-electron chi connectivity index (χ0n) is 14.6. The normalized spacial score (nSPS) is 16.3. The van der Waals surface area contributed by atoms with Crippen molar-refractivity contribution in [2.24, 2.45) is 5.92 Å². The van der Waals surface area contributed by atoms with Gasteiger partial charge in [-0.15, -0.1) is 0 Å². The van der Waals surface area contributed by atoms with Gasteiger partial charge >= 0.3 is 0 Å². The Hall–Kier alpha value is -1.12. The molecule has 0 aliphatic heterocycles. The highest BCUT2D eigenvalue weighted by molar-refractivity contribution is 8.06. The zero-order valence-corrected chi connectivity index (χ0v) is 16.3. The van der Waals surface area contributed by atoms with Crippen molar-refractivity contribution in [1.29, 1.82) is 0 Å². The Bertz CT molecular complexity index is 662. The first-order chi connectivity index (χ1) is 11.7. The van der Waals surface area contributed by atoms with E-state index in [-0.39, 0.29) is 0 Å². The third-order valence-corrected chi connectivity index (χ3v) is 6.86. The summed E-state index contributed by atoms with van der Waals surface area (Å²) in [7, 11) is 0. The van der Waals surface area contributed by atoms with Crippen molar-refractivity contribution in [2.75, 3.05) is 0 Å². The molecule has 0 amide bonds. The first-order valence-corrected chi connectivity index (χ1v) is 10.6. The minimum atomic E-state index is 0.739. The molecule has 126 valence electrons. The van der Waals surface area contributed by atoms with Gasteiger partial charge in [0, 0.05) is 9.79 Å². The van der Waals surface area contributed by atoms with E-state index in [9.17, 15) is 0 Å². The van der Waals surface area contributed by atoms with E-state index in [0.717, 1.165) is 5.92 Å². The molecule has 0 bridgehead atoms. The standard InChI is InChI=1S/C22H26S2/c1-17-8-12-20(13-9-17)23-16-22(19-6-4-3-5-7-19)24-21-14-10-18(2)11-15-21/h8-16,19H,3-7H2,1-2H3/b22-16-. The lowest BCUT2D eigenvalue weighted by molar-refractivity contribution is 0.415. The van der Waals surface area contributed by atoms with Crippen LogP contribution >= 0.6 is 23.5 Å². The van der Waals surface area contributed by atoms with E-state index in [0.29, 0.717) is 0 Å². The molecule has 1 fully saturated rings. The molecule has 3 rings (SSSR count). The molecule has 0 saturated heterocycles. The van der Waals surface area contributed by atoms with Crippen LogP contribution in [0.15, 0.2) is 68.6 Å². The summed E-state index contributed by atoms with van der Waals surface area (Å²) in [6, 6.07) is 17.8. The summed E-state index contributed by atoms with van der Waals surface area (Å²) in [5.41, 5.74) is 2.65. The van der Waals surface area contributed by atoms with Crippen LogP contribution in [0.3, 0.4) is 0 Å². The predicted octanol–water partition coefficient (Wildman–Crippen LogP) is 7.61. The molecule has 0 radical (unpaired) electrons. The van der Waals surface area contributed by atoms with Gasteiger partial charge < -0.3 is 0 Å². The molecule has 0 spiro atoms. The van der Waals surface area contributed by atoms with Crippen LogP contribution in [0, 0.1) is 19.8 Å². The van der Waals surface area contributed by atoms with Gasteiger partial charge in [0.05, 0.1) is 0 Å². The molecule has 1 aliphatic rings. The maximum atomic E-state index is 2.41. The van der Waals surface area contributed by atoms with Gasteiger partial charge in [-0.3, -0.25) is 0 Å². The molecule has 0 nitrogen and oxygen atoms in total. The average Bonchev–Trinajstić information content (AvgIpc) is 2.62. The summed E-state index contributed by atoms with van der Waals surface area (Å²) in [4.78, 5) is 4.24. The largest absolute Gasteiger partial charge is 0.0972 e. The fourth-order valence-corrected chi connectivity index (χ4v) is 5.10. The second kappa shape index (κ2) is 8.82. The van der Waals surface area contributed by atoms with Crippen molar-refractivity contribution in [3.63, 3.8) is 0 Å². The van der Waals surface area contributed by atoms with Crippen LogP contribution in [0.2, 0.25) is 0 Å². The van der Waals surface area contributed by atoms with Crippen LogP contribution in [0.5, 0.6) is 0 Å². The van der Waals surface area contributed by atoms with E-state index in [1.54, 1.807) is 4.91 Å². The summed E-state index contributed by atoms with van der Waals surface area (Å²) in [5, 5.41) is 2.41. The SMILES string of the molecule is Cc1ccc(S/C=C(\Sc2ccc(C)cc2)C2CCCCC2)cc1. The summed E-state index contributed by atoms with van der Waals surface area (Å²) in [6.07, 6.45) is 6.86. The molecule has 1 aliphatic carbocycles. The Morgan fingerprint density at radius 3 is 1.92 bits per heavy atom. The lowest BCUT2D eigenvalue weighted by atomic mass is 9.89. The Balaban J connectivity index is 1.76. The molecule has 0 heterocycles.